The molecule has 1 heterocycles. The Hall–Kier alpha value is -1.80. The standard InChI is InChI=1S/C12H6N2Se/c13-7-9(8-14)6-10-2-1-3-12-11(10)4-5-15-12/h1-6H. The molecule has 15 heavy (non-hydrogen) atoms. The predicted octanol–water partition coefficient (Wildman–Crippen LogP) is 2.33. The molecule has 0 saturated carbocycles. The number of benzene rings is 1. The molecule has 0 atom stereocenters. The van der Waals surface area contributed by atoms with E-state index in [4.69, 9.17) is 10.5 Å². The van der Waals surface area contributed by atoms with Crippen LogP contribution >= 0.6 is 0 Å². The fourth-order valence-corrected chi connectivity index (χ4v) is 3.11. The number of hydrogen-bond acceptors (Lipinski definition) is 2. The van der Waals surface area contributed by atoms with Crippen molar-refractivity contribution in [2.45, 2.75) is 0 Å². The average molecular weight is 257 g/mol. The Balaban J connectivity index is 2.64. The van der Waals surface area contributed by atoms with Crippen LogP contribution in [-0.2, 0) is 0 Å². The number of fused-ring (bicyclic) bond motifs is 1. The van der Waals surface area contributed by atoms with Gasteiger partial charge < -0.3 is 0 Å². The summed E-state index contributed by atoms with van der Waals surface area (Å²) < 4.78 is 1.31. The van der Waals surface area contributed by atoms with Crippen LogP contribution in [-0.4, -0.2) is 14.5 Å². The van der Waals surface area contributed by atoms with Gasteiger partial charge in [0.2, 0.25) is 0 Å². The number of hydrogen-bond donors (Lipinski definition) is 0. The van der Waals surface area contributed by atoms with Gasteiger partial charge in [-0.25, -0.2) is 0 Å². The zero-order chi connectivity index (χ0) is 10.7. The van der Waals surface area contributed by atoms with Crippen LogP contribution < -0.4 is 0 Å². The Labute approximate surface area is 93.4 Å². The molecule has 2 rings (SSSR count). The molecular formula is C12H6N2Se. The first-order valence-corrected chi connectivity index (χ1v) is 6.18. The molecule has 0 N–H and O–H groups in total. The van der Waals surface area contributed by atoms with E-state index in [2.05, 4.69) is 17.1 Å². The van der Waals surface area contributed by atoms with E-state index in [1.165, 1.54) is 4.26 Å². The van der Waals surface area contributed by atoms with Gasteiger partial charge in [-0.2, -0.15) is 0 Å². The summed E-state index contributed by atoms with van der Waals surface area (Å²) in [5.41, 5.74) is 1.11. The van der Waals surface area contributed by atoms with Gasteiger partial charge in [0.05, 0.1) is 0 Å². The van der Waals surface area contributed by atoms with Crippen molar-refractivity contribution in [2.24, 2.45) is 0 Å². The third-order valence-corrected chi connectivity index (χ3v) is 3.92. The molecule has 0 aliphatic rings. The van der Waals surface area contributed by atoms with E-state index >= 15 is 0 Å². The normalized spacial score (nSPS) is 9.20. The first-order valence-electron chi connectivity index (χ1n) is 4.33. The van der Waals surface area contributed by atoms with Crippen molar-refractivity contribution in [1.82, 2.24) is 0 Å². The second-order valence-corrected chi connectivity index (χ2v) is 4.95. The van der Waals surface area contributed by atoms with Gasteiger partial charge >= 0.3 is 93.2 Å². The van der Waals surface area contributed by atoms with Crippen molar-refractivity contribution < 1.29 is 0 Å². The Morgan fingerprint density at radius 1 is 1.20 bits per heavy atom. The fraction of sp³-hybridized carbons (Fsp3) is 0. The summed E-state index contributed by atoms with van der Waals surface area (Å²) in [4.78, 5) is 2.15. The SMILES string of the molecule is N#CC(C#N)=Cc1cccc2[se]ccc12. The number of nitriles is 2. The maximum atomic E-state index is 8.68. The molecule has 0 unspecified atom stereocenters. The first-order chi connectivity index (χ1) is 7.35. The van der Waals surface area contributed by atoms with Crippen LogP contribution in [0.2, 0.25) is 0 Å². The van der Waals surface area contributed by atoms with Gasteiger partial charge in [0.25, 0.3) is 0 Å². The van der Waals surface area contributed by atoms with E-state index < -0.39 is 0 Å². The van der Waals surface area contributed by atoms with E-state index in [9.17, 15) is 0 Å². The monoisotopic (exact) mass is 258 g/mol. The first kappa shape index (κ1) is 9.74. The van der Waals surface area contributed by atoms with Crippen molar-refractivity contribution in [3.63, 3.8) is 0 Å². The third kappa shape index (κ3) is 1.85. The van der Waals surface area contributed by atoms with E-state index in [1.807, 2.05) is 24.3 Å². The molecule has 0 radical (unpaired) electrons. The van der Waals surface area contributed by atoms with Gasteiger partial charge in [-0.1, -0.05) is 0 Å². The van der Waals surface area contributed by atoms with Crippen LogP contribution in [0, 0.1) is 22.7 Å². The molecule has 0 amide bonds. The second kappa shape index (κ2) is 4.15. The molecule has 70 valence electrons. The van der Waals surface area contributed by atoms with Crippen molar-refractivity contribution in [1.29, 1.82) is 10.5 Å². The summed E-state index contributed by atoms with van der Waals surface area (Å²) in [7, 11) is 0. The summed E-state index contributed by atoms with van der Waals surface area (Å²) in [6.07, 6.45) is 1.64. The van der Waals surface area contributed by atoms with E-state index in [-0.39, 0.29) is 5.57 Å². The number of allylic oxidation sites excluding steroid dienone is 1. The summed E-state index contributed by atoms with van der Waals surface area (Å²) in [5.74, 6) is 0. The van der Waals surface area contributed by atoms with Gasteiger partial charge in [0.15, 0.2) is 0 Å². The van der Waals surface area contributed by atoms with Crippen LogP contribution in [0.3, 0.4) is 0 Å². The molecule has 2 nitrogen and oxygen atoms in total. The zero-order valence-electron chi connectivity index (χ0n) is 7.77. The van der Waals surface area contributed by atoms with Gasteiger partial charge in [-0.05, 0) is 0 Å². The van der Waals surface area contributed by atoms with Crippen LogP contribution in [0.1, 0.15) is 5.56 Å². The van der Waals surface area contributed by atoms with Gasteiger partial charge in [-0.3, -0.25) is 0 Å². The minimum atomic E-state index is 0.149. The van der Waals surface area contributed by atoms with Crippen molar-refractivity contribution in [3.8, 4) is 12.1 Å². The molecular weight excluding hydrogens is 251 g/mol. The Bertz CT molecular complexity index is 592. The molecule has 0 spiro atoms. The molecule has 1 aromatic carbocycles. The Kier molecular flexibility index (Phi) is 2.70. The van der Waals surface area contributed by atoms with E-state index in [1.54, 1.807) is 6.08 Å². The fourth-order valence-electron chi connectivity index (χ4n) is 1.39. The average Bonchev–Trinajstić information content (AvgIpc) is 2.74. The number of nitrogens with zero attached hydrogens (tertiary/aromatic N) is 2. The Morgan fingerprint density at radius 3 is 2.73 bits per heavy atom. The molecule has 2 aromatic rings. The van der Waals surface area contributed by atoms with Gasteiger partial charge in [-0.15, -0.1) is 0 Å². The van der Waals surface area contributed by atoms with E-state index in [0.717, 1.165) is 10.9 Å². The van der Waals surface area contributed by atoms with Crippen LogP contribution in [0.15, 0.2) is 34.8 Å². The molecule has 0 saturated heterocycles. The second-order valence-electron chi connectivity index (χ2n) is 2.96. The molecule has 1 aromatic heterocycles. The Morgan fingerprint density at radius 2 is 2.00 bits per heavy atom. The van der Waals surface area contributed by atoms with Crippen LogP contribution in [0.25, 0.3) is 15.7 Å². The van der Waals surface area contributed by atoms with Crippen molar-refractivity contribution in [2.75, 3.05) is 0 Å². The summed E-state index contributed by atoms with van der Waals surface area (Å²) in [6, 6.07) is 11.8. The molecule has 0 bridgehead atoms. The van der Waals surface area contributed by atoms with Gasteiger partial charge in [0, 0.05) is 0 Å². The van der Waals surface area contributed by atoms with Crippen molar-refractivity contribution >= 4 is 30.2 Å². The summed E-state index contributed by atoms with van der Waals surface area (Å²) >= 11 is 0.401. The molecule has 0 fully saturated rings. The predicted molar refractivity (Wildman–Crippen MR) is 60.1 cm³/mol. The topological polar surface area (TPSA) is 47.6 Å². The van der Waals surface area contributed by atoms with Gasteiger partial charge in [0.1, 0.15) is 0 Å². The van der Waals surface area contributed by atoms with Crippen molar-refractivity contribution in [3.05, 3.63) is 40.3 Å². The molecule has 0 aliphatic carbocycles. The number of rotatable bonds is 1. The quantitative estimate of drug-likeness (QED) is 0.581. The summed E-state index contributed by atoms with van der Waals surface area (Å²) in [6.45, 7) is 0. The molecule has 0 aliphatic heterocycles. The molecule has 3 heteroatoms. The third-order valence-electron chi connectivity index (χ3n) is 2.07. The summed E-state index contributed by atoms with van der Waals surface area (Å²) in [5, 5.41) is 18.5. The van der Waals surface area contributed by atoms with Crippen LogP contribution in [0.5, 0.6) is 0 Å². The maximum absolute atomic E-state index is 8.68. The zero-order valence-corrected chi connectivity index (χ0v) is 9.48. The van der Waals surface area contributed by atoms with Crippen LogP contribution in [0.4, 0.5) is 0 Å². The minimum absolute atomic E-state index is 0.149. The van der Waals surface area contributed by atoms with E-state index in [0.29, 0.717) is 14.5 Å².